The lowest BCUT2D eigenvalue weighted by molar-refractivity contribution is 0.0954. The van der Waals surface area contributed by atoms with Crippen LogP contribution in [0, 0.1) is 5.82 Å². The number of rotatable bonds is 11. The maximum atomic E-state index is 13.7. The van der Waals surface area contributed by atoms with Crippen LogP contribution in [0.25, 0.3) is 0 Å². The Morgan fingerprint density at radius 2 is 1.94 bits per heavy atom. The number of carbonyl (C=O) groups excluding carboxylic acids is 1. The number of halogens is 1. The van der Waals surface area contributed by atoms with Crippen LogP contribution in [0.1, 0.15) is 59.6 Å². The van der Waals surface area contributed by atoms with Gasteiger partial charge in [-0.15, -0.1) is 0 Å². The molecule has 0 spiro atoms. The van der Waals surface area contributed by atoms with Gasteiger partial charge in [0.05, 0.1) is 13.7 Å². The second kappa shape index (κ2) is 11.9. The predicted octanol–water partition coefficient (Wildman–Crippen LogP) is 3.13. The standard InChI is InChI=1S/C25H34FN3O3/c1-17(20-8-10-23(26)24(16-20)32-2)29-22-9-7-21(15-22)18-3-5-19(6-4-18)25(31)28-12-11-27-13-14-30/h3-6,8,10,16-17,21-22,27,29-30H,7,9,11-15H2,1-2H3,(H,28,31)/t17-,21+,22-/m1/s1. The first-order valence-electron chi connectivity index (χ1n) is 11.3. The van der Waals surface area contributed by atoms with Crippen molar-refractivity contribution in [1.29, 1.82) is 0 Å². The third kappa shape index (κ3) is 6.51. The van der Waals surface area contributed by atoms with E-state index < -0.39 is 0 Å². The van der Waals surface area contributed by atoms with Gasteiger partial charge in [0.1, 0.15) is 0 Å². The molecule has 0 bridgehead atoms. The lowest BCUT2D eigenvalue weighted by atomic mass is 9.96. The molecule has 0 radical (unpaired) electrons. The minimum Gasteiger partial charge on any atom is -0.494 e. The zero-order valence-corrected chi connectivity index (χ0v) is 18.9. The molecule has 3 atom stereocenters. The first kappa shape index (κ1) is 24.2. The maximum Gasteiger partial charge on any atom is 0.251 e. The van der Waals surface area contributed by atoms with E-state index >= 15 is 0 Å². The largest absolute Gasteiger partial charge is 0.494 e. The van der Waals surface area contributed by atoms with Crippen molar-refractivity contribution in [3.8, 4) is 5.75 Å². The van der Waals surface area contributed by atoms with E-state index in [4.69, 9.17) is 9.84 Å². The highest BCUT2D eigenvalue weighted by Gasteiger charge is 2.27. The molecule has 3 rings (SSSR count). The fourth-order valence-electron chi connectivity index (χ4n) is 4.31. The minimum atomic E-state index is -0.347. The molecule has 1 fully saturated rings. The van der Waals surface area contributed by atoms with E-state index in [1.165, 1.54) is 18.7 Å². The summed E-state index contributed by atoms with van der Waals surface area (Å²) in [6.07, 6.45) is 3.21. The molecule has 0 unspecified atom stereocenters. The van der Waals surface area contributed by atoms with E-state index in [1.54, 1.807) is 12.1 Å². The van der Waals surface area contributed by atoms with Gasteiger partial charge in [0.2, 0.25) is 0 Å². The number of hydrogen-bond acceptors (Lipinski definition) is 5. The molecular weight excluding hydrogens is 409 g/mol. The highest BCUT2D eigenvalue weighted by atomic mass is 19.1. The molecule has 1 aliphatic carbocycles. The Morgan fingerprint density at radius 3 is 2.66 bits per heavy atom. The van der Waals surface area contributed by atoms with E-state index in [9.17, 15) is 9.18 Å². The Bertz CT molecular complexity index is 875. The van der Waals surface area contributed by atoms with Crippen LogP contribution in [-0.4, -0.2) is 50.4 Å². The van der Waals surface area contributed by atoms with Crippen LogP contribution in [0.5, 0.6) is 5.75 Å². The quantitative estimate of drug-likeness (QED) is 0.401. The van der Waals surface area contributed by atoms with Crippen molar-refractivity contribution in [2.45, 2.75) is 44.2 Å². The summed E-state index contributed by atoms with van der Waals surface area (Å²) in [6, 6.07) is 13.4. The van der Waals surface area contributed by atoms with E-state index in [2.05, 4.69) is 35.0 Å². The summed E-state index contributed by atoms with van der Waals surface area (Å²) in [5, 5.41) is 18.3. The molecule has 0 aliphatic heterocycles. The SMILES string of the molecule is COc1cc([C@@H](C)N[C@@H]2CC[C@H](c3ccc(C(=O)NCCNCCO)cc3)C2)ccc1F. The first-order valence-corrected chi connectivity index (χ1v) is 11.3. The van der Waals surface area contributed by atoms with Crippen molar-refractivity contribution in [1.82, 2.24) is 16.0 Å². The number of ether oxygens (including phenoxy) is 1. The van der Waals surface area contributed by atoms with Gasteiger partial charge in [-0.2, -0.15) is 0 Å². The van der Waals surface area contributed by atoms with Crippen molar-refractivity contribution >= 4 is 5.91 Å². The Labute approximate surface area is 189 Å². The van der Waals surface area contributed by atoms with Crippen molar-refractivity contribution in [3.63, 3.8) is 0 Å². The van der Waals surface area contributed by atoms with Crippen molar-refractivity contribution in [3.05, 3.63) is 65.0 Å². The predicted molar refractivity (Wildman–Crippen MR) is 124 cm³/mol. The summed E-state index contributed by atoms with van der Waals surface area (Å²) < 4.78 is 18.8. The van der Waals surface area contributed by atoms with Crippen LogP contribution in [0.2, 0.25) is 0 Å². The van der Waals surface area contributed by atoms with Gasteiger partial charge in [-0.1, -0.05) is 18.2 Å². The number of carbonyl (C=O) groups is 1. The third-order valence-electron chi connectivity index (χ3n) is 6.11. The molecule has 7 heteroatoms. The number of aliphatic hydroxyl groups is 1. The van der Waals surface area contributed by atoms with Crippen LogP contribution in [0.3, 0.4) is 0 Å². The first-order chi connectivity index (χ1) is 15.5. The molecule has 0 heterocycles. The molecule has 174 valence electrons. The topological polar surface area (TPSA) is 82.6 Å². The smallest absolute Gasteiger partial charge is 0.251 e. The number of aliphatic hydroxyl groups excluding tert-OH is 1. The molecule has 6 nitrogen and oxygen atoms in total. The van der Waals surface area contributed by atoms with Crippen molar-refractivity contribution in [2.24, 2.45) is 0 Å². The van der Waals surface area contributed by atoms with Crippen LogP contribution < -0.4 is 20.7 Å². The van der Waals surface area contributed by atoms with Crippen LogP contribution in [0.4, 0.5) is 4.39 Å². The van der Waals surface area contributed by atoms with Gasteiger partial charge in [0.25, 0.3) is 5.91 Å². The normalized spacial score (nSPS) is 19.0. The number of nitrogens with one attached hydrogen (secondary N) is 3. The average molecular weight is 444 g/mol. The molecule has 1 aliphatic rings. The molecule has 2 aromatic rings. The highest BCUT2D eigenvalue weighted by molar-refractivity contribution is 5.94. The van der Waals surface area contributed by atoms with E-state index in [0.717, 1.165) is 24.8 Å². The molecule has 1 amide bonds. The zero-order chi connectivity index (χ0) is 22.9. The zero-order valence-electron chi connectivity index (χ0n) is 18.9. The number of methoxy groups -OCH3 is 1. The number of benzene rings is 2. The van der Waals surface area contributed by atoms with Gasteiger partial charge >= 0.3 is 0 Å². The molecule has 2 aromatic carbocycles. The van der Waals surface area contributed by atoms with E-state index in [-0.39, 0.29) is 30.1 Å². The van der Waals surface area contributed by atoms with E-state index in [1.807, 2.05) is 12.1 Å². The van der Waals surface area contributed by atoms with Gasteiger partial charge in [0, 0.05) is 37.3 Å². The van der Waals surface area contributed by atoms with Crippen LogP contribution in [-0.2, 0) is 0 Å². The summed E-state index contributed by atoms with van der Waals surface area (Å²) in [5.74, 6) is 0.296. The van der Waals surface area contributed by atoms with Gasteiger partial charge in [0.15, 0.2) is 11.6 Å². The minimum absolute atomic E-state index is 0.0862. The second-order valence-electron chi connectivity index (χ2n) is 8.34. The summed E-state index contributed by atoms with van der Waals surface area (Å²) in [5.41, 5.74) is 2.92. The van der Waals surface area contributed by atoms with Crippen molar-refractivity contribution < 1.29 is 19.0 Å². The van der Waals surface area contributed by atoms with Crippen LogP contribution >= 0.6 is 0 Å². The Morgan fingerprint density at radius 1 is 1.16 bits per heavy atom. The van der Waals surface area contributed by atoms with Crippen molar-refractivity contribution in [2.75, 3.05) is 33.4 Å². The lowest BCUT2D eigenvalue weighted by Crippen LogP contribution is -2.32. The third-order valence-corrected chi connectivity index (χ3v) is 6.11. The van der Waals surface area contributed by atoms with Gasteiger partial charge in [-0.25, -0.2) is 4.39 Å². The summed E-state index contributed by atoms with van der Waals surface area (Å²) in [7, 11) is 1.48. The fraction of sp³-hybridized carbons (Fsp3) is 0.480. The summed E-state index contributed by atoms with van der Waals surface area (Å²) in [6.45, 7) is 3.86. The lowest BCUT2D eigenvalue weighted by Gasteiger charge is -2.21. The maximum absolute atomic E-state index is 13.7. The second-order valence-corrected chi connectivity index (χ2v) is 8.34. The monoisotopic (exact) mass is 443 g/mol. The molecule has 0 saturated heterocycles. The number of hydrogen-bond donors (Lipinski definition) is 4. The van der Waals surface area contributed by atoms with Gasteiger partial charge < -0.3 is 25.8 Å². The van der Waals surface area contributed by atoms with E-state index in [0.29, 0.717) is 37.2 Å². The van der Waals surface area contributed by atoms with Gasteiger partial charge in [-0.05, 0) is 67.5 Å². The summed E-state index contributed by atoms with van der Waals surface area (Å²) >= 11 is 0. The molecule has 4 N–H and O–H groups in total. The van der Waals surface area contributed by atoms with Gasteiger partial charge in [-0.3, -0.25) is 4.79 Å². The fourth-order valence-corrected chi connectivity index (χ4v) is 4.31. The Kier molecular flexibility index (Phi) is 9.02. The average Bonchev–Trinajstić information content (AvgIpc) is 3.27. The molecule has 1 saturated carbocycles. The molecule has 0 aromatic heterocycles. The number of amides is 1. The Hall–Kier alpha value is -2.48. The van der Waals surface area contributed by atoms with Crippen LogP contribution in [0.15, 0.2) is 42.5 Å². The Balaban J connectivity index is 1.49. The molecular formula is C25H34FN3O3. The molecule has 32 heavy (non-hydrogen) atoms. The highest BCUT2D eigenvalue weighted by Crippen LogP contribution is 2.35. The summed E-state index contributed by atoms with van der Waals surface area (Å²) in [4.78, 5) is 12.3.